The molecule has 2 fully saturated rings. The number of phenols is 2. The molecule has 4 aromatic rings. The molecular formula is C29H29N5O2. The Bertz CT molecular complexity index is 1280. The van der Waals surface area contributed by atoms with Crippen LogP contribution in [0.4, 0.5) is 11.4 Å². The highest BCUT2D eigenvalue weighted by Crippen LogP contribution is 2.33. The molecule has 2 aliphatic rings. The van der Waals surface area contributed by atoms with Crippen molar-refractivity contribution in [1.82, 2.24) is 15.0 Å². The summed E-state index contributed by atoms with van der Waals surface area (Å²) in [6.07, 6.45) is 4.92. The Hall–Kier alpha value is -4.13. The van der Waals surface area contributed by atoms with E-state index in [2.05, 4.69) is 34.1 Å². The molecular weight excluding hydrogens is 450 g/mol. The van der Waals surface area contributed by atoms with Gasteiger partial charge < -0.3 is 20.0 Å². The van der Waals surface area contributed by atoms with E-state index < -0.39 is 0 Å². The second kappa shape index (κ2) is 9.49. The van der Waals surface area contributed by atoms with Crippen LogP contribution in [0.2, 0.25) is 0 Å². The zero-order valence-corrected chi connectivity index (χ0v) is 20.1. The number of hydrogen-bond acceptors (Lipinski definition) is 7. The fourth-order valence-corrected chi connectivity index (χ4v) is 5.06. The van der Waals surface area contributed by atoms with Crippen molar-refractivity contribution >= 4 is 11.4 Å². The standard InChI is InChI=1S/C29H29N5O2/c35-24-13-14-25(26(36)19-24)29-31-27(20-5-9-22(10-6-20)33-15-1-2-16-33)30-28(32-29)21-7-11-23(12-8-21)34-17-3-4-18-34/h5-14,19,35-36H,1-4,15-18H2. The molecule has 0 saturated carbocycles. The molecule has 7 nitrogen and oxygen atoms in total. The molecule has 0 aliphatic carbocycles. The predicted molar refractivity (Wildman–Crippen MR) is 142 cm³/mol. The van der Waals surface area contributed by atoms with Crippen LogP contribution < -0.4 is 9.80 Å². The number of aromatic nitrogens is 3. The van der Waals surface area contributed by atoms with Gasteiger partial charge in [0, 0.05) is 54.7 Å². The smallest absolute Gasteiger partial charge is 0.167 e. The topological polar surface area (TPSA) is 85.6 Å². The summed E-state index contributed by atoms with van der Waals surface area (Å²) in [5.74, 6) is 1.35. The van der Waals surface area contributed by atoms with Crippen molar-refractivity contribution in [2.45, 2.75) is 25.7 Å². The Balaban J connectivity index is 1.40. The maximum atomic E-state index is 10.5. The number of aromatic hydroxyl groups is 2. The van der Waals surface area contributed by atoms with Gasteiger partial charge >= 0.3 is 0 Å². The number of rotatable bonds is 5. The van der Waals surface area contributed by atoms with Crippen molar-refractivity contribution in [3.05, 3.63) is 66.7 Å². The van der Waals surface area contributed by atoms with E-state index in [-0.39, 0.29) is 11.5 Å². The van der Waals surface area contributed by atoms with Gasteiger partial charge in [0.25, 0.3) is 0 Å². The van der Waals surface area contributed by atoms with Crippen LogP contribution in [-0.2, 0) is 0 Å². The summed E-state index contributed by atoms with van der Waals surface area (Å²) in [4.78, 5) is 19.0. The molecule has 6 rings (SSSR count). The Kier molecular flexibility index (Phi) is 5.89. The molecule has 3 aromatic carbocycles. The van der Waals surface area contributed by atoms with Crippen molar-refractivity contribution in [3.8, 4) is 45.7 Å². The lowest BCUT2D eigenvalue weighted by Gasteiger charge is -2.18. The third kappa shape index (κ3) is 4.44. The third-order valence-electron chi connectivity index (χ3n) is 7.05. The second-order valence-electron chi connectivity index (χ2n) is 9.49. The van der Waals surface area contributed by atoms with Gasteiger partial charge in [-0.3, -0.25) is 0 Å². The first-order valence-corrected chi connectivity index (χ1v) is 12.6. The zero-order valence-electron chi connectivity index (χ0n) is 20.1. The lowest BCUT2D eigenvalue weighted by molar-refractivity contribution is 0.451. The third-order valence-corrected chi connectivity index (χ3v) is 7.05. The molecule has 0 unspecified atom stereocenters. The molecule has 1 aromatic heterocycles. The van der Waals surface area contributed by atoms with Crippen molar-refractivity contribution < 1.29 is 10.2 Å². The summed E-state index contributed by atoms with van der Waals surface area (Å²) < 4.78 is 0. The molecule has 0 radical (unpaired) electrons. The highest BCUT2D eigenvalue weighted by Gasteiger charge is 2.17. The molecule has 2 saturated heterocycles. The van der Waals surface area contributed by atoms with Gasteiger partial charge in [-0.2, -0.15) is 0 Å². The Morgan fingerprint density at radius 3 is 1.42 bits per heavy atom. The van der Waals surface area contributed by atoms with E-state index in [4.69, 9.17) is 15.0 Å². The van der Waals surface area contributed by atoms with Crippen LogP contribution in [0, 0.1) is 0 Å². The van der Waals surface area contributed by atoms with Crippen LogP contribution >= 0.6 is 0 Å². The maximum absolute atomic E-state index is 10.5. The van der Waals surface area contributed by atoms with Crippen molar-refractivity contribution in [3.63, 3.8) is 0 Å². The Labute approximate surface area is 210 Å². The van der Waals surface area contributed by atoms with Crippen LogP contribution in [0.15, 0.2) is 66.7 Å². The van der Waals surface area contributed by atoms with Crippen molar-refractivity contribution in [1.29, 1.82) is 0 Å². The van der Waals surface area contributed by atoms with Gasteiger partial charge in [0.05, 0.1) is 5.56 Å². The molecule has 2 N–H and O–H groups in total. The molecule has 3 heterocycles. The minimum atomic E-state index is -0.0770. The van der Waals surface area contributed by atoms with Crippen LogP contribution in [0.25, 0.3) is 34.2 Å². The quantitative estimate of drug-likeness (QED) is 0.392. The summed E-state index contributed by atoms with van der Waals surface area (Å²) in [5, 5.41) is 20.3. The SMILES string of the molecule is Oc1ccc(-c2nc(-c3ccc(N4CCCC4)cc3)nc(-c3ccc(N4CCCC4)cc3)n2)c(O)c1. The first-order valence-electron chi connectivity index (χ1n) is 12.6. The van der Waals surface area contributed by atoms with E-state index in [1.807, 2.05) is 24.3 Å². The molecule has 182 valence electrons. The summed E-state index contributed by atoms with van der Waals surface area (Å²) in [6.45, 7) is 4.36. The van der Waals surface area contributed by atoms with Crippen LogP contribution in [0.5, 0.6) is 11.5 Å². The zero-order chi connectivity index (χ0) is 24.5. The second-order valence-corrected chi connectivity index (χ2v) is 9.49. The van der Waals surface area contributed by atoms with E-state index in [0.717, 1.165) is 37.3 Å². The molecule has 36 heavy (non-hydrogen) atoms. The fraction of sp³-hybridized carbons (Fsp3) is 0.276. The first-order chi connectivity index (χ1) is 17.6. The lowest BCUT2D eigenvalue weighted by Crippen LogP contribution is -2.17. The molecule has 0 atom stereocenters. The number of benzene rings is 3. The largest absolute Gasteiger partial charge is 0.508 e. The van der Waals surface area contributed by atoms with E-state index in [1.165, 1.54) is 49.2 Å². The Morgan fingerprint density at radius 2 is 0.972 bits per heavy atom. The highest BCUT2D eigenvalue weighted by atomic mass is 16.3. The van der Waals surface area contributed by atoms with Crippen LogP contribution in [0.1, 0.15) is 25.7 Å². The van der Waals surface area contributed by atoms with E-state index >= 15 is 0 Å². The minimum Gasteiger partial charge on any atom is -0.508 e. The predicted octanol–water partition coefficient (Wildman–Crippen LogP) is 5.48. The molecule has 0 spiro atoms. The van der Waals surface area contributed by atoms with Crippen LogP contribution in [-0.4, -0.2) is 51.3 Å². The Morgan fingerprint density at radius 1 is 0.528 bits per heavy atom. The van der Waals surface area contributed by atoms with Gasteiger partial charge in [0.1, 0.15) is 11.5 Å². The molecule has 0 bridgehead atoms. The summed E-state index contributed by atoms with van der Waals surface area (Å²) >= 11 is 0. The average Bonchev–Trinajstić information content (AvgIpc) is 3.64. The van der Waals surface area contributed by atoms with Gasteiger partial charge in [-0.1, -0.05) is 0 Å². The lowest BCUT2D eigenvalue weighted by atomic mass is 10.1. The molecule has 2 aliphatic heterocycles. The van der Waals surface area contributed by atoms with E-state index in [0.29, 0.717) is 23.0 Å². The van der Waals surface area contributed by atoms with Gasteiger partial charge in [-0.05, 0) is 86.3 Å². The van der Waals surface area contributed by atoms with Crippen LogP contribution in [0.3, 0.4) is 0 Å². The molecule has 7 heteroatoms. The van der Waals surface area contributed by atoms with Gasteiger partial charge in [-0.15, -0.1) is 0 Å². The summed E-state index contributed by atoms with van der Waals surface area (Å²) in [7, 11) is 0. The number of nitrogens with zero attached hydrogens (tertiary/aromatic N) is 5. The van der Waals surface area contributed by atoms with Crippen molar-refractivity contribution in [2.75, 3.05) is 36.0 Å². The van der Waals surface area contributed by atoms with E-state index in [9.17, 15) is 10.2 Å². The summed E-state index contributed by atoms with van der Waals surface area (Å²) in [6, 6.07) is 21.1. The number of anilines is 2. The number of hydrogen-bond donors (Lipinski definition) is 2. The first kappa shape index (κ1) is 22.3. The highest BCUT2D eigenvalue weighted by molar-refractivity contribution is 5.71. The summed E-state index contributed by atoms with van der Waals surface area (Å²) in [5.41, 5.74) is 4.63. The van der Waals surface area contributed by atoms with Gasteiger partial charge in [0.15, 0.2) is 17.5 Å². The van der Waals surface area contributed by atoms with Gasteiger partial charge in [-0.25, -0.2) is 15.0 Å². The molecule has 0 amide bonds. The average molecular weight is 480 g/mol. The monoisotopic (exact) mass is 479 g/mol. The normalized spacial score (nSPS) is 15.6. The van der Waals surface area contributed by atoms with Gasteiger partial charge in [0.2, 0.25) is 0 Å². The maximum Gasteiger partial charge on any atom is 0.167 e. The minimum absolute atomic E-state index is 0.0132. The van der Waals surface area contributed by atoms with E-state index in [1.54, 1.807) is 6.07 Å². The van der Waals surface area contributed by atoms with Crippen molar-refractivity contribution in [2.24, 2.45) is 0 Å². The fourth-order valence-electron chi connectivity index (χ4n) is 5.06. The number of phenolic OH excluding ortho intramolecular Hbond substituents is 2.